The van der Waals surface area contributed by atoms with Crippen molar-refractivity contribution in [2.24, 2.45) is 11.8 Å². The molecule has 1 heterocycles. The van der Waals surface area contributed by atoms with Gasteiger partial charge in [-0.25, -0.2) is 0 Å². The van der Waals surface area contributed by atoms with Crippen LogP contribution in [0.1, 0.15) is 13.3 Å². The third kappa shape index (κ3) is 3.93. The number of rotatable bonds is 4. The number of halogens is 1. The van der Waals surface area contributed by atoms with Crippen molar-refractivity contribution in [3.8, 4) is 0 Å². The maximum atomic E-state index is 12.5. The first-order chi connectivity index (χ1) is 11.1. The average molecular weight is 380 g/mol. The number of carbonyl (C=O) groups is 2. The van der Waals surface area contributed by atoms with Gasteiger partial charge in [-0.3, -0.25) is 9.59 Å². The highest BCUT2D eigenvalue weighted by molar-refractivity contribution is 9.10. The van der Waals surface area contributed by atoms with E-state index in [2.05, 4.69) is 33.1 Å². The number of likely N-dealkylation sites (N-methyl/N-ethyl adjacent to an activating group) is 1. The number of nitrogens with one attached hydrogen (secondary N) is 1. The lowest BCUT2D eigenvalue weighted by atomic mass is 10.2. The lowest BCUT2D eigenvalue weighted by molar-refractivity contribution is -0.135. The van der Waals surface area contributed by atoms with E-state index in [1.54, 1.807) is 0 Å². The van der Waals surface area contributed by atoms with Crippen LogP contribution in [0.2, 0.25) is 0 Å². The minimum atomic E-state index is -0.171. The molecule has 1 aromatic rings. The first-order valence-electron chi connectivity index (χ1n) is 8.16. The zero-order valence-electron chi connectivity index (χ0n) is 13.3. The number of hydrogen-bond donors (Lipinski definition) is 1. The van der Waals surface area contributed by atoms with Crippen molar-refractivity contribution >= 4 is 33.4 Å². The van der Waals surface area contributed by atoms with Gasteiger partial charge in [0.25, 0.3) is 0 Å². The summed E-state index contributed by atoms with van der Waals surface area (Å²) in [4.78, 5) is 29.0. The molecule has 0 spiro atoms. The molecule has 2 unspecified atom stereocenters. The molecule has 1 aromatic carbocycles. The van der Waals surface area contributed by atoms with Crippen LogP contribution < -0.4 is 5.32 Å². The Bertz CT molecular complexity index is 582. The summed E-state index contributed by atoms with van der Waals surface area (Å²) in [6.07, 6.45) is 0.676. The van der Waals surface area contributed by atoms with Gasteiger partial charge in [0.1, 0.15) is 0 Å². The highest BCUT2D eigenvalue weighted by atomic mass is 79.9. The molecular formula is C17H22BrN3O2. The normalized spacial score (nSPS) is 24.3. The summed E-state index contributed by atoms with van der Waals surface area (Å²) in [6, 6.07) is 7.48. The molecule has 3 rings (SSSR count). The number of hydrogen-bond acceptors (Lipinski definition) is 3. The molecule has 2 atom stereocenters. The van der Waals surface area contributed by atoms with Crippen LogP contribution in [-0.2, 0) is 9.59 Å². The van der Waals surface area contributed by atoms with Crippen LogP contribution in [0.4, 0.5) is 5.69 Å². The maximum Gasteiger partial charge on any atom is 0.228 e. The van der Waals surface area contributed by atoms with Crippen LogP contribution in [0.3, 0.4) is 0 Å². The molecule has 1 saturated carbocycles. The Labute approximate surface area is 145 Å². The van der Waals surface area contributed by atoms with Gasteiger partial charge in [0.05, 0.1) is 11.8 Å². The predicted molar refractivity (Wildman–Crippen MR) is 93.1 cm³/mol. The van der Waals surface area contributed by atoms with Gasteiger partial charge >= 0.3 is 0 Å². The second-order valence-electron chi connectivity index (χ2n) is 6.20. The van der Waals surface area contributed by atoms with Gasteiger partial charge in [-0.15, -0.1) is 0 Å². The number of amides is 2. The van der Waals surface area contributed by atoms with Gasteiger partial charge in [0.15, 0.2) is 0 Å². The van der Waals surface area contributed by atoms with E-state index in [-0.39, 0.29) is 23.7 Å². The Morgan fingerprint density at radius 2 is 1.78 bits per heavy atom. The summed E-state index contributed by atoms with van der Waals surface area (Å²) in [5, 5.41) is 2.90. The molecule has 1 N–H and O–H groups in total. The summed E-state index contributed by atoms with van der Waals surface area (Å²) >= 11 is 3.37. The van der Waals surface area contributed by atoms with E-state index in [1.807, 2.05) is 29.2 Å². The molecule has 1 aliphatic carbocycles. The molecule has 124 valence electrons. The second-order valence-corrected chi connectivity index (χ2v) is 7.12. The number of piperazine rings is 1. The summed E-state index contributed by atoms with van der Waals surface area (Å²) < 4.78 is 0.973. The zero-order valence-corrected chi connectivity index (χ0v) is 14.9. The van der Waals surface area contributed by atoms with Gasteiger partial charge in [-0.2, -0.15) is 0 Å². The fourth-order valence-corrected chi connectivity index (χ4v) is 3.31. The van der Waals surface area contributed by atoms with Crippen molar-refractivity contribution < 1.29 is 9.59 Å². The monoisotopic (exact) mass is 379 g/mol. The SMILES string of the molecule is CCN1CCN(C(=O)C2CC2C(=O)Nc2ccc(Br)cc2)CC1. The largest absolute Gasteiger partial charge is 0.340 e. The summed E-state index contributed by atoms with van der Waals surface area (Å²) in [6.45, 7) is 6.61. The van der Waals surface area contributed by atoms with Gasteiger partial charge in [0.2, 0.25) is 11.8 Å². The van der Waals surface area contributed by atoms with E-state index in [4.69, 9.17) is 0 Å². The van der Waals surface area contributed by atoms with E-state index >= 15 is 0 Å². The Balaban J connectivity index is 1.49. The van der Waals surface area contributed by atoms with Gasteiger partial charge in [-0.05, 0) is 37.2 Å². The predicted octanol–water partition coefficient (Wildman–Crippen LogP) is 2.19. The van der Waals surface area contributed by atoms with Crippen molar-refractivity contribution in [1.29, 1.82) is 0 Å². The number of benzene rings is 1. The van der Waals surface area contributed by atoms with Crippen LogP contribution in [0, 0.1) is 11.8 Å². The average Bonchev–Trinajstić information content (AvgIpc) is 3.37. The standard InChI is InChI=1S/C17H22BrN3O2/c1-2-20-7-9-21(10-8-20)17(23)15-11-14(15)16(22)19-13-5-3-12(18)4-6-13/h3-6,14-15H,2,7-11H2,1H3,(H,19,22). The molecule has 0 radical (unpaired) electrons. The molecule has 0 bridgehead atoms. The Morgan fingerprint density at radius 3 is 2.39 bits per heavy atom. The lowest BCUT2D eigenvalue weighted by Gasteiger charge is -2.34. The molecule has 0 aromatic heterocycles. The minimum absolute atomic E-state index is 0.0436. The summed E-state index contributed by atoms with van der Waals surface area (Å²) in [7, 11) is 0. The van der Waals surface area contributed by atoms with Crippen molar-refractivity contribution in [3.05, 3.63) is 28.7 Å². The van der Waals surface area contributed by atoms with Crippen LogP contribution in [0.15, 0.2) is 28.7 Å². The van der Waals surface area contributed by atoms with Gasteiger partial charge < -0.3 is 15.1 Å². The van der Waals surface area contributed by atoms with Crippen LogP contribution in [0.5, 0.6) is 0 Å². The fraction of sp³-hybridized carbons (Fsp3) is 0.529. The number of carbonyl (C=O) groups excluding carboxylic acids is 2. The third-order valence-corrected chi connectivity index (χ3v) is 5.22. The Hall–Kier alpha value is -1.40. The van der Waals surface area contributed by atoms with E-state index in [0.29, 0.717) is 6.42 Å². The van der Waals surface area contributed by atoms with E-state index in [9.17, 15) is 9.59 Å². The van der Waals surface area contributed by atoms with Crippen molar-refractivity contribution in [3.63, 3.8) is 0 Å². The van der Waals surface area contributed by atoms with Crippen molar-refractivity contribution in [1.82, 2.24) is 9.80 Å². The van der Waals surface area contributed by atoms with Crippen molar-refractivity contribution in [2.45, 2.75) is 13.3 Å². The molecule has 1 aliphatic heterocycles. The molecule has 2 amide bonds. The van der Waals surface area contributed by atoms with E-state index < -0.39 is 0 Å². The molecule has 2 fully saturated rings. The van der Waals surface area contributed by atoms with Gasteiger partial charge in [-0.1, -0.05) is 22.9 Å². The number of nitrogens with zero attached hydrogens (tertiary/aromatic N) is 2. The van der Waals surface area contributed by atoms with Crippen LogP contribution in [-0.4, -0.2) is 54.3 Å². The third-order valence-electron chi connectivity index (χ3n) is 4.69. The minimum Gasteiger partial charge on any atom is -0.340 e. The van der Waals surface area contributed by atoms with E-state index in [0.717, 1.165) is 42.9 Å². The molecule has 2 aliphatic rings. The van der Waals surface area contributed by atoms with Gasteiger partial charge in [0, 0.05) is 36.3 Å². The summed E-state index contributed by atoms with van der Waals surface area (Å²) in [5.74, 6) is -0.191. The molecular weight excluding hydrogens is 358 g/mol. The topological polar surface area (TPSA) is 52.7 Å². The highest BCUT2D eigenvalue weighted by Crippen LogP contribution is 2.41. The smallest absolute Gasteiger partial charge is 0.228 e. The van der Waals surface area contributed by atoms with E-state index in [1.165, 1.54) is 0 Å². The Morgan fingerprint density at radius 1 is 1.13 bits per heavy atom. The Kier molecular flexibility index (Phi) is 5.02. The zero-order chi connectivity index (χ0) is 16.4. The second kappa shape index (κ2) is 7.01. The lowest BCUT2D eigenvalue weighted by Crippen LogP contribution is -2.49. The van der Waals surface area contributed by atoms with Crippen molar-refractivity contribution in [2.75, 3.05) is 38.0 Å². The molecule has 6 heteroatoms. The molecule has 1 saturated heterocycles. The molecule has 5 nitrogen and oxygen atoms in total. The van der Waals surface area contributed by atoms with Crippen LogP contribution >= 0.6 is 15.9 Å². The quantitative estimate of drug-likeness (QED) is 0.872. The number of anilines is 1. The van der Waals surface area contributed by atoms with Crippen LogP contribution in [0.25, 0.3) is 0 Å². The first kappa shape index (κ1) is 16.5. The highest BCUT2D eigenvalue weighted by Gasteiger charge is 2.49. The summed E-state index contributed by atoms with van der Waals surface area (Å²) in [5.41, 5.74) is 0.771. The maximum absolute atomic E-state index is 12.5. The molecule has 23 heavy (non-hydrogen) atoms. The fourth-order valence-electron chi connectivity index (χ4n) is 3.04. The first-order valence-corrected chi connectivity index (χ1v) is 8.95.